The van der Waals surface area contributed by atoms with Crippen LogP contribution in [0, 0.1) is 12.8 Å². The van der Waals surface area contributed by atoms with E-state index in [9.17, 15) is 14.4 Å². The number of anilines is 3. The Morgan fingerprint density at radius 2 is 1.93 bits per heavy atom. The number of rotatable bonds is 8. The normalized spacial score (nSPS) is 20.7. The zero-order valence-electron chi connectivity index (χ0n) is 22.5. The molecule has 208 valence electrons. The second-order valence-corrected chi connectivity index (χ2v) is 10.9. The molecule has 0 unspecified atom stereocenters. The van der Waals surface area contributed by atoms with Gasteiger partial charge in [-0.2, -0.15) is 0 Å². The lowest BCUT2D eigenvalue weighted by Crippen LogP contribution is -2.28. The molecule has 0 spiro atoms. The topological polar surface area (TPSA) is 159 Å². The summed E-state index contributed by atoms with van der Waals surface area (Å²) >= 11 is 0. The number of hydrogen-bond acceptors (Lipinski definition) is 9. The van der Waals surface area contributed by atoms with Crippen LogP contribution in [0.4, 0.5) is 22.1 Å². The fourth-order valence-corrected chi connectivity index (χ4v) is 5.24. The van der Waals surface area contributed by atoms with Crippen LogP contribution in [0.2, 0.25) is 0 Å². The zero-order chi connectivity index (χ0) is 28.2. The average molecular weight is 553 g/mol. The molecule has 13 heteroatoms. The Balaban J connectivity index is 1.07. The number of carbonyl (C=O) groups is 3. The van der Waals surface area contributed by atoms with Crippen LogP contribution in [-0.2, 0) is 9.59 Å². The van der Waals surface area contributed by atoms with Crippen molar-refractivity contribution < 1.29 is 14.4 Å². The van der Waals surface area contributed by atoms with Gasteiger partial charge in [0.1, 0.15) is 30.3 Å². The number of pyridine rings is 1. The SMILES string of the molecule is Cc1ccnc([C@H]2C[C@@H]2C(=O)Nc2cc(N[C@H](C)c3cn4cc(C5CC5)cc(N5CC(=O)NC5=O)c4n3)ncn2)n1. The quantitative estimate of drug-likeness (QED) is 0.279. The largest absolute Gasteiger partial charge is 0.362 e. The summed E-state index contributed by atoms with van der Waals surface area (Å²) in [5.41, 5.74) is 3.93. The number of fused-ring (bicyclic) bond motifs is 1. The van der Waals surface area contributed by atoms with E-state index in [1.807, 2.05) is 42.8 Å². The van der Waals surface area contributed by atoms with Crippen molar-refractivity contribution in [2.45, 2.75) is 51.0 Å². The minimum Gasteiger partial charge on any atom is -0.362 e. The van der Waals surface area contributed by atoms with E-state index in [0.717, 1.165) is 29.8 Å². The van der Waals surface area contributed by atoms with Crippen LogP contribution in [0.5, 0.6) is 0 Å². The second kappa shape index (κ2) is 9.61. The number of imidazole rings is 1. The van der Waals surface area contributed by atoms with Crippen LogP contribution in [0.1, 0.15) is 66.8 Å². The number of amides is 4. The molecule has 0 radical (unpaired) electrons. The summed E-state index contributed by atoms with van der Waals surface area (Å²) in [6.45, 7) is 3.82. The van der Waals surface area contributed by atoms with E-state index in [0.29, 0.717) is 41.1 Å². The Kier molecular flexibility index (Phi) is 5.87. The highest BCUT2D eigenvalue weighted by molar-refractivity contribution is 6.13. The molecule has 2 saturated carbocycles. The Hall–Kier alpha value is -4.94. The number of carbonyl (C=O) groups excluding carboxylic acids is 3. The standard InChI is InChI=1S/C28H28N10O3/c1-14-5-6-29-25(32-14)18-8-19(18)27(40)35-23-9-22(30-13-31-23)33-15(2)20-11-37-10-17(16-3-4-16)7-21(26(37)34-20)38-12-24(39)36-28(38)41/h5-7,9-11,13,15-16,18-19H,3-4,8,12H2,1-2H3,(H,36,39,41)(H2,30,31,33,35,40)/t15-,18+,19+/m1/s1. The smallest absolute Gasteiger partial charge is 0.329 e. The number of aryl methyl sites for hydroxylation is 1. The van der Waals surface area contributed by atoms with Crippen molar-refractivity contribution in [3.8, 4) is 0 Å². The highest BCUT2D eigenvalue weighted by atomic mass is 16.2. The van der Waals surface area contributed by atoms with Crippen molar-refractivity contribution in [1.82, 2.24) is 34.6 Å². The number of urea groups is 1. The number of nitrogens with zero attached hydrogens (tertiary/aromatic N) is 7. The summed E-state index contributed by atoms with van der Waals surface area (Å²) < 4.78 is 1.92. The van der Waals surface area contributed by atoms with Crippen molar-refractivity contribution in [2.75, 3.05) is 22.1 Å². The lowest BCUT2D eigenvalue weighted by Gasteiger charge is -2.16. The molecule has 13 nitrogen and oxygen atoms in total. The summed E-state index contributed by atoms with van der Waals surface area (Å²) in [6, 6.07) is 4.78. The van der Waals surface area contributed by atoms with Crippen molar-refractivity contribution >= 4 is 40.8 Å². The average Bonchev–Trinajstić information content (AvgIpc) is 3.86. The number of imide groups is 1. The van der Waals surface area contributed by atoms with Crippen LogP contribution in [0.25, 0.3) is 5.65 Å². The Morgan fingerprint density at radius 1 is 1.10 bits per heavy atom. The zero-order valence-corrected chi connectivity index (χ0v) is 22.5. The fourth-order valence-electron chi connectivity index (χ4n) is 5.24. The van der Waals surface area contributed by atoms with Crippen LogP contribution in [0.3, 0.4) is 0 Å². The third kappa shape index (κ3) is 4.94. The number of aromatic nitrogens is 6. The van der Waals surface area contributed by atoms with E-state index in [1.54, 1.807) is 12.3 Å². The number of hydrogen-bond donors (Lipinski definition) is 3. The summed E-state index contributed by atoms with van der Waals surface area (Å²) in [7, 11) is 0. The van der Waals surface area contributed by atoms with Crippen LogP contribution in [0.15, 0.2) is 43.1 Å². The maximum absolute atomic E-state index is 12.8. The Bertz CT molecular complexity index is 1710. The first-order valence-electron chi connectivity index (χ1n) is 13.7. The van der Waals surface area contributed by atoms with Crippen molar-refractivity contribution in [2.24, 2.45) is 5.92 Å². The summed E-state index contributed by atoms with van der Waals surface area (Å²) in [5, 5.41) is 8.56. The van der Waals surface area contributed by atoms with Gasteiger partial charge >= 0.3 is 6.03 Å². The predicted molar refractivity (Wildman–Crippen MR) is 148 cm³/mol. The first-order chi connectivity index (χ1) is 19.8. The van der Waals surface area contributed by atoms with E-state index in [2.05, 4.69) is 35.9 Å². The molecule has 0 aromatic carbocycles. The van der Waals surface area contributed by atoms with E-state index < -0.39 is 6.03 Å². The maximum atomic E-state index is 12.8. The fraction of sp³-hybridized carbons (Fsp3) is 0.357. The van der Waals surface area contributed by atoms with Crippen molar-refractivity contribution in [3.05, 3.63) is 65.9 Å². The molecule has 5 heterocycles. The van der Waals surface area contributed by atoms with Gasteiger partial charge in [0, 0.05) is 42.2 Å². The molecule has 4 aromatic heterocycles. The lowest BCUT2D eigenvalue weighted by atomic mass is 10.1. The second-order valence-electron chi connectivity index (χ2n) is 10.9. The van der Waals surface area contributed by atoms with Gasteiger partial charge in [-0.25, -0.2) is 29.7 Å². The molecule has 4 amide bonds. The van der Waals surface area contributed by atoms with E-state index in [-0.39, 0.29) is 36.2 Å². The third-order valence-electron chi connectivity index (χ3n) is 7.70. The minimum atomic E-state index is -0.444. The van der Waals surface area contributed by atoms with Gasteiger partial charge in [0.05, 0.1) is 17.4 Å². The van der Waals surface area contributed by atoms with Gasteiger partial charge in [0.15, 0.2) is 5.65 Å². The monoisotopic (exact) mass is 552 g/mol. The van der Waals surface area contributed by atoms with Gasteiger partial charge in [0.2, 0.25) is 11.8 Å². The van der Waals surface area contributed by atoms with Gasteiger partial charge in [0.25, 0.3) is 0 Å². The molecular formula is C28H28N10O3. The molecule has 3 N–H and O–H groups in total. The molecule has 0 bridgehead atoms. The number of nitrogens with one attached hydrogen (secondary N) is 3. The maximum Gasteiger partial charge on any atom is 0.329 e. The van der Waals surface area contributed by atoms with E-state index in [1.165, 1.54) is 11.2 Å². The predicted octanol–water partition coefficient (Wildman–Crippen LogP) is 3.07. The van der Waals surface area contributed by atoms with Crippen LogP contribution < -0.4 is 20.9 Å². The van der Waals surface area contributed by atoms with Crippen LogP contribution in [-0.4, -0.2) is 53.7 Å². The van der Waals surface area contributed by atoms with E-state index in [4.69, 9.17) is 4.98 Å². The molecule has 1 aliphatic heterocycles. The highest BCUT2D eigenvalue weighted by Gasteiger charge is 2.46. The lowest BCUT2D eigenvalue weighted by molar-refractivity contribution is -0.118. The van der Waals surface area contributed by atoms with Crippen molar-refractivity contribution in [3.63, 3.8) is 0 Å². The van der Waals surface area contributed by atoms with Gasteiger partial charge < -0.3 is 15.0 Å². The molecule has 3 aliphatic rings. The highest BCUT2D eigenvalue weighted by Crippen LogP contribution is 2.46. The summed E-state index contributed by atoms with van der Waals surface area (Å²) in [5.74, 6) is 1.43. The molecular weight excluding hydrogens is 524 g/mol. The first kappa shape index (κ1) is 25.1. The minimum absolute atomic E-state index is 0.0134. The molecule has 3 atom stereocenters. The summed E-state index contributed by atoms with van der Waals surface area (Å²) in [4.78, 5) is 60.7. The molecule has 3 fully saturated rings. The Labute approximate surface area is 234 Å². The summed E-state index contributed by atoms with van der Waals surface area (Å²) in [6.07, 6.45) is 9.98. The van der Waals surface area contributed by atoms with Crippen molar-refractivity contribution in [1.29, 1.82) is 0 Å². The third-order valence-corrected chi connectivity index (χ3v) is 7.70. The molecule has 2 aliphatic carbocycles. The van der Waals surface area contributed by atoms with Gasteiger partial charge in [-0.1, -0.05) is 0 Å². The van der Waals surface area contributed by atoms with Gasteiger partial charge in [-0.05, 0) is 56.7 Å². The van der Waals surface area contributed by atoms with E-state index >= 15 is 0 Å². The molecule has 41 heavy (non-hydrogen) atoms. The first-order valence-corrected chi connectivity index (χ1v) is 13.7. The molecule has 1 saturated heterocycles. The van der Waals surface area contributed by atoms with Gasteiger partial charge in [-0.15, -0.1) is 0 Å². The Morgan fingerprint density at radius 3 is 2.68 bits per heavy atom. The molecule has 7 rings (SSSR count). The molecule has 4 aromatic rings. The van der Waals surface area contributed by atoms with Gasteiger partial charge in [-0.3, -0.25) is 19.8 Å². The van der Waals surface area contributed by atoms with Crippen LogP contribution >= 0.6 is 0 Å².